The number of nitrogens with one attached hydrogen (secondary N) is 1. The molecule has 4 aromatic rings. The average molecular weight is 470 g/mol. The van der Waals surface area contributed by atoms with Crippen LogP contribution in [0.1, 0.15) is 23.7 Å². The van der Waals surface area contributed by atoms with Crippen molar-refractivity contribution in [2.45, 2.75) is 25.7 Å². The molecule has 0 atom stereocenters. The van der Waals surface area contributed by atoms with Crippen LogP contribution in [0.25, 0.3) is 22.6 Å². The summed E-state index contributed by atoms with van der Waals surface area (Å²) in [5, 5.41) is 3.76. The van der Waals surface area contributed by atoms with Gasteiger partial charge >= 0.3 is 12.4 Å². The molecule has 0 aliphatic carbocycles. The lowest BCUT2D eigenvalue weighted by Crippen LogP contribution is -2.07. The van der Waals surface area contributed by atoms with Crippen molar-refractivity contribution >= 4 is 34.2 Å². The lowest BCUT2D eigenvalue weighted by atomic mass is 10.2. The van der Waals surface area contributed by atoms with Gasteiger partial charge in [-0.05, 0) is 36.2 Å². The van der Waals surface area contributed by atoms with Gasteiger partial charge in [-0.2, -0.15) is 30.7 Å². The molecule has 0 saturated carbocycles. The van der Waals surface area contributed by atoms with Crippen LogP contribution in [-0.4, -0.2) is 24.3 Å². The number of fused-ring (bicyclic) bond motifs is 1. The Balaban J connectivity index is 1.75. The van der Waals surface area contributed by atoms with Gasteiger partial charge in [0.1, 0.15) is 22.7 Å². The zero-order chi connectivity index (χ0) is 23.1. The Morgan fingerprint density at radius 2 is 1.75 bits per heavy atom. The van der Waals surface area contributed by atoms with Crippen LogP contribution in [0, 0.1) is 0 Å². The van der Waals surface area contributed by atoms with Crippen molar-refractivity contribution in [3.8, 4) is 11.4 Å². The van der Waals surface area contributed by atoms with E-state index >= 15 is 0 Å². The van der Waals surface area contributed by atoms with Gasteiger partial charge in [0.15, 0.2) is 5.65 Å². The third-order valence-corrected chi connectivity index (χ3v) is 5.03. The van der Waals surface area contributed by atoms with Crippen LogP contribution in [0.3, 0.4) is 0 Å². The van der Waals surface area contributed by atoms with Crippen molar-refractivity contribution < 1.29 is 26.3 Å². The van der Waals surface area contributed by atoms with Crippen LogP contribution >= 0.6 is 11.5 Å². The van der Waals surface area contributed by atoms with Gasteiger partial charge in [-0.1, -0.05) is 6.92 Å². The van der Waals surface area contributed by atoms with Crippen molar-refractivity contribution in [1.29, 1.82) is 0 Å². The van der Waals surface area contributed by atoms with Crippen molar-refractivity contribution in [3.05, 3.63) is 52.8 Å². The summed E-state index contributed by atoms with van der Waals surface area (Å²) in [5.41, 5.74) is -1.07. The van der Waals surface area contributed by atoms with Gasteiger partial charge < -0.3 is 5.32 Å². The standard InChI is InChI=1S/C19H12F6N6S/c1-2-10-5-12(29-14-4-3-9(6-26-14)18(20,21)22)16-17(28-10)30-13(7-27-16)15-11(8-32-31-15)19(23,24)25/h3-8H,2H2,1H3,(H,26,28,29,30). The predicted molar refractivity (Wildman–Crippen MR) is 105 cm³/mol. The predicted octanol–water partition coefficient (Wildman–Crippen LogP) is 5.89. The number of aromatic nitrogens is 5. The number of anilines is 2. The quantitative estimate of drug-likeness (QED) is 0.375. The fourth-order valence-corrected chi connectivity index (χ4v) is 3.54. The number of nitrogens with zero attached hydrogens (tertiary/aromatic N) is 5. The van der Waals surface area contributed by atoms with Gasteiger partial charge in [0.05, 0.1) is 23.0 Å². The number of rotatable bonds is 4. The molecule has 0 aromatic carbocycles. The Hall–Kier alpha value is -3.35. The highest BCUT2D eigenvalue weighted by Gasteiger charge is 2.36. The second-order valence-corrected chi connectivity index (χ2v) is 7.20. The molecule has 4 rings (SSSR count). The molecule has 0 saturated heterocycles. The maximum atomic E-state index is 13.2. The molecule has 4 aromatic heterocycles. The molecule has 0 bridgehead atoms. The monoisotopic (exact) mass is 470 g/mol. The van der Waals surface area contributed by atoms with Crippen LogP contribution in [0.5, 0.6) is 0 Å². The molecule has 13 heteroatoms. The smallest absolute Gasteiger partial charge is 0.338 e. The molecule has 6 nitrogen and oxygen atoms in total. The van der Waals surface area contributed by atoms with E-state index in [9.17, 15) is 26.3 Å². The van der Waals surface area contributed by atoms with E-state index in [0.717, 1.165) is 23.7 Å². The number of hydrogen-bond donors (Lipinski definition) is 1. The molecule has 32 heavy (non-hydrogen) atoms. The van der Waals surface area contributed by atoms with Crippen molar-refractivity contribution in [1.82, 2.24) is 24.3 Å². The lowest BCUT2D eigenvalue weighted by Gasteiger charge is -2.12. The SMILES string of the molecule is CCc1cc(Nc2ccc(C(F)(F)F)cn2)c2ncc(-c3nscc3C(F)(F)F)nc2n1. The number of hydrogen-bond acceptors (Lipinski definition) is 7. The minimum atomic E-state index is -4.60. The van der Waals surface area contributed by atoms with E-state index in [1.807, 2.05) is 6.92 Å². The van der Waals surface area contributed by atoms with Crippen molar-refractivity contribution in [2.75, 3.05) is 5.32 Å². The number of pyridine rings is 2. The maximum Gasteiger partial charge on any atom is 0.419 e. The molecule has 1 N–H and O–H groups in total. The molecule has 0 spiro atoms. The summed E-state index contributed by atoms with van der Waals surface area (Å²) < 4.78 is 81.7. The summed E-state index contributed by atoms with van der Waals surface area (Å²) in [4.78, 5) is 16.5. The van der Waals surface area contributed by atoms with Gasteiger partial charge in [-0.25, -0.2) is 19.9 Å². The van der Waals surface area contributed by atoms with E-state index in [1.54, 1.807) is 6.07 Å². The van der Waals surface area contributed by atoms with E-state index in [1.165, 1.54) is 0 Å². The van der Waals surface area contributed by atoms with Gasteiger partial charge in [0, 0.05) is 17.3 Å². The second-order valence-electron chi connectivity index (χ2n) is 6.57. The molecule has 0 fully saturated rings. The van der Waals surface area contributed by atoms with E-state index < -0.39 is 23.5 Å². The highest BCUT2D eigenvalue weighted by atomic mass is 32.1. The minimum Gasteiger partial charge on any atom is -0.338 e. The van der Waals surface area contributed by atoms with Crippen LogP contribution < -0.4 is 5.32 Å². The van der Waals surface area contributed by atoms with E-state index in [0.29, 0.717) is 35.5 Å². The Morgan fingerprint density at radius 3 is 2.38 bits per heavy atom. The average Bonchev–Trinajstić information content (AvgIpc) is 3.23. The summed E-state index contributed by atoms with van der Waals surface area (Å²) in [6, 6.07) is 3.66. The molecule has 0 radical (unpaired) electrons. The Bertz CT molecular complexity index is 1270. The summed E-state index contributed by atoms with van der Waals surface area (Å²) in [5.74, 6) is 0.122. The fourth-order valence-electron chi connectivity index (χ4n) is 2.84. The second kappa shape index (κ2) is 7.97. The third-order valence-electron chi connectivity index (χ3n) is 4.40. The van der Waals surface area contributed by atoms with Crippen molar-refractivity contribution in [2.24, 2.45) is 0 Å². The van der Waals surface area contributed by atoms with E-state index in [-0.39, 0.29) is 28.4 Å². The molecular formula is C19H12F6N6S. The number of halogens is 6. The van der Waals surface area contributed by atoms with E-state index in [4.69, 9.17) is 0 Å². The Labute approximate surface area is 180 Å². The van der Waals surface area contributed by atoms with Crippen LogP contribution in [0.2, 0.25) is 0 Å². The van der Waals surface area contributed by atoms with Crippen molar-refractivity contribution in [3.63, 3.8) is 0 Å². The minimum absolute atomic E-state index is 0.0670. The first-order chi connectivity index (χ1) is 15.1. The first-order valence-electron chi connectivity index (χ1n) is 9.05. The third kappa shape index (κ3) is 4.33. The zero-order valence-corrected chi connectivity index (χ0v) is 16.9. The molecule has 0 unspecified atom stereocenters. The Kier molecular flexibility index (Phi) is 5.44. The Morgan fingerprint density at radius 1 is 0.969 bits per heavy atom. The van der Waals surface area contributed by atoms with Gasteiger partial charge in [-0.15, -0.1) is 0 Å². The molecular weight excluding hydrogens is 458 g/mol. The van der Waals surface area contributed by atoms with Gasteiger partial charge in [-0.3, -0.25) is 0 Å². The van der Waals surface area contributed by atoms with E-state index in [2.05, 4.69) is 29.6 Å². The zero-order valence-electron chi connectivity index (χ0n) is 16.1. The molecule has 166 valence electrons. The molecule has 0 amide bonds. The molecule has 0 aliphatic heterocycles. The largest absolute Gasteiger partial charge is 0.419 e. The van der Waals surface area contributed by atoms with Gasteiger partial charge in [0.25, 0.3) is 0 Å². The first kappa shape index (κ1) is 21.9. The summed E-state index contributed by atoms with van der Waals surface area (Å²) in [6.07, 6.45) is -6.81. The first-order valence-corrected chi connectivity index (χ1v) is 9.89. The van der Waals surface area contributed by atoms with Gasteiger partial charge in [0.2, 0.25) is 0 Å². The maximum absolute atomic E-state index is 13.2. The normalized spacial score (nSPS) is 12.3. The lowest BCUT2D eigenvalue weighted by molar-refractivity contribution is -0.138. The van der Waals surface area contributed by atoms with Crippen LogP contribution in [0.4, 0.5) is 37.8 Å². The topological polar surface area (TPSA) is 76.5 Å². The highest BCUT2D eigenvalue weighted by Crippen LogP contribution is 2.37. The summed E-state index contributed by atoms with van der Waals surface area (Å²) in [7, 11) is 0. The van der Waals surface area contributed by atoms with Crippen LogP contribution in [-0.2, 0) is 18.8 Å². The fraction of sp³-hybridized carbons (Fsp3) is 0.211. The summed E-state index contributed by atoms with van der Waals surface area (Å²) >= 11 is 0.650. The number of alkyl halides is 6. The molecule has 0 aliphatic rings. The van der Waals surface area contributed by atoms with Crippen LogP contribution in [0.15, 0.2) is 36.0 Å². The highest BCUT2D eigenvalue weighted by molar-refractivity contribution is 7.04. The number of aryl methyl sites for hydroxylation is 1. The summed E-state index contributed by atoms with van der Waals surface area (Å²) in [6.45, 7) is 1.81. The molecule has 4 heterocycles.